The average Bonchev–Trinajstić information content (AvgIpc) is 2.93. The number of aliphatic hydroxyl groups is 1. The highest BCUT2D eigenvalue weighted by molar-refractivity contribution is 6.30. The van der Waals surface area contributed by atoms with Crippen LogP contribution in [-0.4, -0.2) is 34.6 Å². The molecule has 1 N–H and O–H groups in total. The monoisotopic (exact) mass is 312 g/mol. The van der Waals surface area contributed by atoms with Crippen molar-refractivity contribution in [3.8, 4) is 0 Å². The van der Waals surface area contributed by atoms with Gasteiger partial charge in [0.15, 0.2) is 5.82 Å². The second-order valence-electron chi connectivity index (χ2n) is 4.98. The van der Waals surface area contributed by atoms with Gasteiger partial charge >= 0.3 is 0 Å². The molecule has 112 valence electrons. The minimum Gasteiger partial charge on any atom is -0.392 e. The lowest BCUT2D eigenvalue weighted by Crippen LogP contribution is -2.30. The van der Waals surface area contributed by atoms with Crippen LogP contribution in [0.15, 0.2) is 22.7 Å². The zero-order valence-electron chi connectivity index (χ0n) is 11.1. The number of nitrogens with zero attached hydrogens (tertiary/aromatic N) is 2. The van der Waals surface area contributed by atoms with E-state index in [1.165, 1.54) is 6.07 Å². The van der Waals surface area contributed by atoms with E-state index in [0.717, 1.165) is 0 Å². The molecule has 1 aromatic carbocycles. The molecule has 5 nitrogen and oxygen atoms in total. The van der Waals surface area contributed by atoms with Gasteiger partial charge in [0.1, 0.15) is 5.82 Å². The Bertz CT molecular complexity index is 634. The molecule has 2 heterocycles. The summed E-state index contributed by atoms with van der Waals surface area (Å²) in [7, 11) is 0. The van der Waals surface area contributed by atoms with Gasteiger partial charge in [-0.1, -0.05) is 28.9 Å². The molecule has 0 aliphatic carbocycles. The third-order valence-electron chi connectivity index (χ3n) is 3.50. The average molecular weight is 313 g/mol. The Kier molecular flexibility index (Phi) is 4.19. The molecule has 0 bridgehead atoms. The summed E-state index contributed by atoms with van der Waals surface area (Å²) < 4.78 is 24.3. The summed E-state index contributed by atoms with van der Waals surface area (Å²) in [5.41, 5.74) is 0.398. The van der Waals surface area contributed by atoms with Gasteiger partial charge in [-0.15, -0.1) is 0 Å². The van der Waals surface area contributed by atoms with Crippen molar-refractivity contribution in [2.45, 2.75) is 24.9 Å². The summed E-state index contributed by atoms with van der Waals surface area (Å²) in [6.45, 7) is 0.862. The second-order valence-corrected chi connectivity index (χ2v) is 5.38. The fourth-order valence-corrected chi connectivity index (χ4v) is 2.50. The van der Waals surface area contributed by atoms with Crippen molar-refractivity contribution in [2.24, 2.45) is 0 Å². The fraction of sp³-hybridized carbons (Fsp3) is 0.429. The molecule has 0 radical (unpaired) electrons. The van der Waals surface area contributed by atoms with Crippen molar-refractivity contribution < 1.29 is 18.8 Å². The first-order chi connectivity index (χ1) is 10.1. The molecule has 1 fully saturated rings. The van der Waals surface area contributed by atoms with E-state index >= 15 is 0 Å². The zero-order chi connectivity index (χ0) is 14.8. The van der Waals surface area contributed by atoms with Crippen LogP contribution in [0.5, 0.6) is 0 Å². The summed E-state index contributed by atoms with van der Waals surface area (Å²) in [5, 5.41) is 13.8. The quantitative estimate of drug-likeness (QED) is 0.942. The van der Waals surface area contributed by atoms with Crippen molar-refractivity contribution in [2.75, 3.05) is 13.2 Å². The predicted molar refractivity (Wildman–Crippen MR) is 72.7 cm³/mol. The van der Waals surface area contributed by atoms with E-state index in [4.69, 9.17) is 20.9 Å². The number of aliphatic hydroxyl groups excluding tert-OH is 1. The maximum atomic E-state index is 13.8. The second kappa shape index (κ2) is 6.09. The Balaban J connectivity index is 1.77. The molecule has 2 aromatic rings. The van der Waals surface area contributed by atoms with Gasteiger partial charge < -0.3 is 14.4 Å². The van der Waals surface area contributed by atoms with Crippen LogP contribution in [0, 0.1) is 5.82 Å². The van der Waals surface area contributed by atoms with E-state index in [0.29, 0.717) is 36.9 Å². The van der Waals surface area contributed by atoms with Gasteiger partial charge in [-0.2, -0.15) is 4.98 Å². The minimum absolute atomic E-state index is 0.0623. The molecule has 1 aromatic heterocycles. The summed E-state index contributed by atoms with van der Waals surface area (Å²) in [6, 6.07) is 4.77. The normalized spacial score (nSPS) is 22.4. The summed E-state index contributed by atoms with van der Waals surface area (Å²) in [6.07, 6.45) is 0.153. The van der Waals surface area contributed by atoms with Gasteiger partial charge in [0.25, 0.3) is 0 Å². The molecule has 1 aliphatic rings. The molecular formula is C14H14ClFN2O3. The van der Waals surface area contributed by atoms with Crippen molar-refractivity contribution >= 4 is 11.6 Å². The van der Waals surface area contributed by atoms with Crippen LogP contribution < -0.4 is 0 Å². The van der Waals surface area contributed by atoms with Gasteiger partial charge in [0, 0.05) is 13.0 Å². The largest absolute Gasteiger partial charge is 0.392 e. The summed E-state index contributed by atoms with van der Waals surface area (Å²) >= 11 is 5.74. The highest BCUT2D eigenvalue weighted by atomic mass is 35.5. The van der Waals surface area contributed by atoms with E-state index in [-0.39, 0.29) is 17.4 Å². The Morgan fingerprint density at radius 2 is 2.29 bits per heavy atom. The molecule has 2 unspecified atom stereocenters. The molecule has 3 rings (SSSR count). The van der Waals surface area contributed by atoms with Crippen LogP contribution in [0.2, 0.25) is 5.02 Å². The number of rotatable bonds is 3. The highest BCUT2D eigenvalue weighted by Gasteiger charge is 2.30. The van der Waals surface area contributed by atoms with Crippen molar-refractivity contribution in [3.63, 3.8) is 0 Å². The van der Waals surface area contributed by atoms with E-state index < -0.39 is 11.9 Å². The Morgan fingerprint density at radius 3 is 3.10 bits per heavy atom. The first-order valence-corrected chi connectivity index (χ1v) is 7.04. The molecule has 1 aliphatic heterocycles. The molecule has 0 amide bonds. The van der Waals surface area contributed by atoms with Crippen LogP contribution in [-0.2, 0) is 11.2 Å². The van der Waals surface area contributed by atoms with Gasteiger partial charge in [0.05, 0.1) is 23.7 Å². The summed E-state index contributed by atoms with van der Waals surface area (Å²) in [4.78, 5) is 4.22. The maximum Gasteiger partial charge on any atom is 0.234 e. The predicted octanol–water partition coefficient (Wildman–Crippen LogP) is 2.32. The van der Waals surface area contributed by atoms with Gasteiger partial charge in [0.2, 0.25) is 5.89 Å². The fourth-order valence-electron chi connectivity index (χ4n) is 2.31. The lowest BCUT2D eigenvalue weighted by atomic mass is 9.99. The number of hydrogen-bond acceptors (Lipinski definition) is 5. The smallest absolute Gasteiger partial charge is 0.234 e. The van der Waals surface area contributed by atoms with E-state index in [1.54, 1.807) is 12.1 Å². The number of hydrogen-bond donors (Lipinski definition) is 1. The maximum absolute atomic E-state index is 13.8. The first kappa shape index (κ1) is 14.4. The zero-order valence-corrected chi connectivity index (χ0v) is 11.9. The Hall–Kier alpha value is -1.50. The van der Waals surface area contributed by atoms with Crippen LogP contribution >= 0.6 is 11.6 Å². The van der Waals surface area contributed by atoms with Crippen LogP contribution in [0.1, 0.15) is 29.6 Å². The molecular weight excluding hydrogens is 299 g/mol. The first-order valence-electron chi connectivity index (χ1n) is 6.66. The van der Waals surface area contributed by atoms with E-state index in [1.807, 2.05) is 0 Å². The SMILES string of the molecule is OC1CCOCC1c1nc(Cc2cccc(Cl)c2F)no1. The lowest BCUT2D eigenvalue weighted by molar-refractivity contribution is -0.0149. The number of halogens is 2. The standard InChI is InChI=1S/C14H14ClFN2O3/c15-10-3-1-2-8(13(10)16)6-12-17-14(21-18-12)9-7-20-5-4-11(9)19/h1-3,9,11,19H,4-7H2. The van der Waals surface area contributed by atoms with Crippen molar-refractivity contribution in [3.05, 3.63) is 46.3 Å². The number of aromatic nitrogens is 2. The molecule has 7 heteroatoms. The van der Waals surface area contributed by atoms with E-state index in [9.17, 15) is 9.50 Å². The van der Waals surface area contributed by atoms with Gasteiger partial charge in [-0.3, -0.25) is 0 Å². The number of benzene rings is 1. The third-order valence-corrected chi connectivity index (χ3v) is 3.79. The topological polar surface area (TPSA) is 68.4 Å². The Morgan fingerprint density at radius 1 is 1.43 bits per heavy atom. The van der Waals surface area contributed by atoms with Crippen LogP contribution in [0.3, 0.4) is 0 Å². The van der Waals surface area contributed by atoms with Crippen LogP contribution in [0.25, 0.3) is 0 Å². The van der Waals surface area contributed by atoms with Gasteiger partial charge in [-0.25, -0.2) is 4.39 Å². The molecule has 2 atom stereocenters. The van der Waals surface area contributed by atoms with Crippen molar-refractivity contribution in [1.29, 1.82) is 0 Å². The lowest BCUT2D eigenvalue weighted by Gasteiger charge is -2.24. The Labute approximate surface area is 125 Å². The van der Waals surface area contributed by atoms with Crippen molar-refractivity contribution in [1.82, 2.24) is 10.1 Å². The van der Waals surface area contributed by atoms with Crippen LogP contribution in [0.4, 0.5) is 4.39 Å². The van der Waals surface area contributed by atoms with Gasteiger partial charge in [-0.05, 0) is 18.1 Å². The molecule has 0 saturated carbocycles. The molecule has 0 spiro atoms. The minimum atomic E-state index is -0.560. The summed E-state index contributed by atoms with van der Waals surface area (Å²) in [5.74, 6) is -0.140. The number of ether oxygens (including phenoxy) is 1. The molecule has 21 heavy (non-hydrogen) atoms. The third kappa shape index (κ3) is 3.07. The van der Waals surface area contributed by atoms with E-state index in [2.05, 4.69) is 10.1 Å². The molecule has 1 saturated heterocycles. The highest BCUT2D eigenvalue weighted by Crippen LogP contribution is 2.25.